The molecule has 0 saturated heterocycles. The Morgan fingerprint density at radius 3 is 0.769 bits per heavy atom. The lowest BCUT2D eigenvalue weighted by Crippen LogP contribution is -2.30. The van der Waals surface area contributed by atoms with Crippen LogP contribution in [-0.2, 0) is 28.6 Å². The van der Waals surface area contributed by atoms with Crippen molar-refractivity contribution < 1.29 is 28.6 Å². The Morgan fingerprint density at radius 2 is 0.508 bits per heavy atom. The third-order valence-corrected chi connectivity index (χ3v) is 13.3. The summed E-state index contributed by atoms with van der Waals surface area (Å²) in [5, 5.41) is 0. The third-order valence-electron chi connectivity index (χ3n) is 13.3. The first-order valence-corrected chi connectivity index (χ1v) is 29.2. The number of carbonyl (C=O) groups is 3. The number of hydrogen-bond donors (Lipinski definition) is 0. The second-order valence-electron chi connectivity index (χ2n) is 19.9. The molecule has 0 aromatic rings. The molecular formula is C59H112O6. The molecule has 0 radical (unpaired) electrons. The average molecular weight is 918 g/mol. The van der Waals surface area contributed by atoms with Gasteiger partial charge >= 0.3 is 17.9 Å². The van der Waals surface area contributed by atoms with Crippen molar-refractivity contribution in [2.24, 2.45) is 0 Å². The molecule has 6 heteroatoms. The minimum absolute atomic E-state index is 0.0664. The summed E-state index contributed by atoms with van der Waals surface area (Å²) in [6, 6.07) is 0. The molecule has 0 saturated carbocycles. The van der Waals surface area contributed by atoms with Gasteiger partial charge in [0.05, 0.1) is 0 Å². The molecule has 0 aliphatic rings. The summed E-state index contributed by atoms with van der Waals surface area (Å²) in [5.41, 5.74) is 0. The molecule has 0 aliphatic heterocycles. The maximum atomic E-state index is 12.8. The monoisotopic (exact) mass is 917 g/mol. The van der Waals surface area contributed by atoms with Crippen LogP contribution in [0.1, 0.15) is 329 Å². The second-order valence-corrected chi connectivity index (χ2v) is 19.9. The van der Waals surface area contributed by atoms with Gasteiger partial charge < -0.3 is 14.2 Å². The minimum Gasteiger partial charge on any atom is -0.462 e. The van der Waals surface area contributed by atoms with Crippen molar-refractivity contribution in [3.8, 4) is 0 Å². The summed E-state index contributed by atoms with van der Waals surface area (Å²) in [4.78, 5) is 38.1. The summed E-state index contributed by atoms with van der Waals surface area (Å²) in [6.07, 6.45) is 62.0. The van der Waals surface area contributed by atoms with Gasteiger partial charge in [-0.15, -0.1) is 0 Å². The van der Waals surface area contributed by atoms with E-state index in [9.17, 15) is 14.4 Å². The van der Waals surface area contributed by atoms with Crippen molar-refractivity contribution in [1.82, 2.24) is 0 Å². The van der Waals surface area contributed by atoms with Crippen LogP contribution in [0.5, 0.6) is 0 Å². The Balaban J connectivity index is 4.31. The molecule has 0 N–H and O–H groups in total. The Hall–Kier alpha value is -1.85. The molecule has 0 heterocycles. The van der Waals surface area contributed by atoms with E-state index in [1.807, 2.05) is 0 Å². The predicted molar refractivity (Wildman–Crippen MR) is 280 cm³/mol. The SMILES string of the molecule is CCCCCCCC/C=C\CCCCCCCC(=O)OC[C@H](COC(=O)CCCCCCCCCCCCCCCCCCC)OC(=O)CCCCCCCCCCCCCCCCC. The summed E-state index contributed by atoms with van der Waals surface area (Å²) in [5.74, 6) is -0.850. The molecule has 1 atom stereocenters. The van der Waals surface area contributed by atoms with Gasteiger partial charge in [0.1, 0.15) is 13.2 Å². The zero-order chi connectivity index (χ0) is 47.2. The van der Waals surface area contributed by atoms with E-state index < -0.39 is 6.10 Å². The van der Waals surface area contributed by atoms with Crippen molar-refractivity contribution in [3.63, 3.8) is 0 Å². The molecule has 0 aliphatic carbocycles. The zero-order valence-corrected chi connectivity index (χ0v) is 44.0. The minimum atomic E-state index is -0.767. The van der Waals surface area contributed by atoms with Crippen molar-refractivity contribution >= 4 is 17.9 Å². The normalized spacial score (nSPS) is 12.0. The first kappa shape index (κ1) is 63.1. The van der Waals surface area contributed by atoms with E-state index in [2.05, 4.69) is 32.9 Å². The molecule has 65 heavy (non-hydrogen) atoms. The lowest BCUT2D eigenvalue weighted by Gasteiger charge is -2.18. The second kappa shape index (κ2) is 54.8. The predicted octanol–water partition coefficient (Wildman–Crippen LogP) is 19.3. The van der Waals surface area contributed by atoms with E-state index in [0.717, 1.165) is 64.2 Å². The Morgan fingerprint density at radius 1 is 0.292 bits per heavy atom. The molecule has 0 aromatic heterocycles. The largest absolute Gasteiger partial charge is 0.462 e. The van der Waals surface area contributed by atoms with Gasteiger partial charge in [-0.1, -0.05) is 277 Å². The maximum Gasteiger partial charge on any atom is 0.306 e. The van der Waals surface area contributed by atoms with E-state index in [-0.39, 0.29) is 31.1 Å². The number of allylic oxidation sites excluding steroid dienone is 2. The topological polar surface area (TPSA) is 78.9 Å². The highest BCUT2D eigenvalue weighted by atomic mass is 16.6. The molecule has 0 unspecified atom stereocenters. The molecule has 0 fully saturated rings. The number of rotatable bonds is 54. The van der Waals surface area contributed by atoms with Gasteiger partial charge in [-0.25, -0.2) is 0 Å². The molecule has 384 valence electrons. The van der Waals surface area contributed by atoms with Crippen LogP contribution in [0.3, 0.4) is 0 Å². The van der Waals surface area contributed by atoms with Crippen LogP contribution in [0.4, 0.5) is 0 Å². The van der Waals surface area contributed by atoms with Crippen LogP contribution >= 0.6 is 0 Å². The number of unbranched alkanes of at least 4 members (excludes halogenated alkanes) is 41. The van der Waals surface area contributed by atoms with Gasteiger partial charge in [-0.2, -0.15) is 0 Å². The Kier molecular flexibility index (Phi) is 53.2. The zero-order valence-electron chi connectivity index (χ0n) is 44.0. The summed E-state index contributed by atoms with van der Waals surface area (Å²) in [6.45, 7) is 6.69. The summed E-state index contributed by atoms with van der Waals surface area (Å²) >= 11 is 0. The van der Waals surface area contributed by atoms with Crippen LogP contribution in [0.25, 0.3) is 0 Å². The summed E-state index contributed by atoms with van der Waals surface area (Å²) < 4.78 is 16.9. The fourth-order valence-corrected chi connectivity index (χ4v) is 8.85. The molecule has 6 nitrogen and oxygen atoms in total. The first-order valence-electron chi connectivity index (χ1n) is 29.2. The van der Waals surface area contributed by atoms with E-state index in [4.69, 9.17) is 14.2 Å². The van der Waals surface area contributed by atoms with Crippen LogP contribution in [-0.4, -0.2) is 37.2 Å². The van der Waals surface area contributed by atoms with Crippen molar-refractivity contribution in [1.29, 1.82) is 0 Å². The van der Waals surface area contributed by atoms with Crippen LogP contribution in [0.2, 0.25) is 0 Å². The number of carbonyl (C=O) groups excluding carboxylic acids is 3. The van der Waals surface area contributed by atoms with Gasteiger partial charge in [-0.05, 0) is 44.9 Å². The van der Waals surface area contributed by atoms with Crippen LogP contribution in [0, 0.1) is 0 Å². The third kappa shape index (κ3) is 53.0. The highest BCUT2D eigenvalue weighted by Crippen LogP contribution is 2.17. The quantitative estimate of drug-likeness (QED) is 0.0262. The highest BCUT2D eigenvalue weighted by Gasteiger charge is 2.19. The highest BCUT2D eigenvalue weighted by molar-refractivity contribution is 5.71. The summed E-state index contributed by atoms with van der Waals surface area (Å²) in [7, 11) is 0. The lowest BCUT2D eigenvalue weighted by atomic mass is 10.0. The van der Waals surface area contributed by atoms with Crippen molar-refractivity contribution in [3.05, 3.63) is 12.2 Å². The number of hydrogen-bond acceptors (Lipinski definition) is 6. The molecule has 0 rings (SSSR count). The van der Waals surface area contributed by atoms with Gasteiger partial charge in [0, 0.05) is 19.3 Å². The first-order chi connectivity index (χ1) is 32.0. The molecule has 0 spiro atoms. The van der Waals surface area contributed by atoms with Gasteiger partial charge in [0.15, 0.2) is 6.10 Å². The Bertz CT molecular complexity index is 1010. The fourth-order valence-electron chi connectivity index (χ4n) is 8.85. The standard InChI is InChI=1S/C59H112O6/c1-4-7-10-13-16-19-22-25-28-29-32-34-37-40-43-46-49-52-58(61)64-55-56(65-59(62)53-50-47-44-41-38-35-31-27-24-21-18-15-12-9-6-3)54-63-57(60)51-48-45-42-39-36-33-30-26-23-20-17-14-11-8-5-2/h26,30,56H,4-25,27-29,31-55H2,1-3H3/b30-26-/t56-/m1/s1. The van der Waals surface area contributed by atoms with E-state index in [1.165, 1.54) is 225 Å². The lowest BCUT2D eigenvalue weighted by molar-refractivity contribution is -0.167. The number of esters is 3. The maximum absolute atomic E-state index is 12.8. The van der Waals surface area contributed by atoms with E-state index in [1.54, 1.807) is 0 Å². The molecule has 0 amide bonds. The van der Waals surface area contributed by atoms with Crippen molar-refractivity contribution in [2.45, 2.75) is 335 Å². The van der Waals surface area contributed by atoms with Crippen molar-refractivity contribution in [2.75, 3.05) is 13.2 Å². The van der Waals surface area contributed by atoms with Crippen LogP contribution < -0.4 is 0 Å². The average Bonchev–Trinajstić information content (AvgIpc) is 3.30. The van der Waals surface area contributed by atoms with Crippen LogP contribution in [0.15, 0.2) is 12.2 Å². The molecule has 0 bridgehead atoms. The Labute approximate surface area is 405 Å². The smallest absolute Gasteiger partial charge is 0.306 e. The van der Waals surface area contributed by atoms with Gasteiger partial charge in [-0.3, -0.25) is 14.4 Å². The van der Waals surface area contributed by atoms with Gasteiger partial charge in [0.25, 0.3) is 0 Å². The fraction of sp³-hybridized carbons (Fsp3) is 0.915. The van der Waals surface area contributed by atoms with Gasteiger partial charge in [0.2, 0.25) is 0 Å². The van der Waals surface area contributed by atoms with E-state index >= 15 is 0 Å². The number of ether oxygens (including phenoxy) is 3. The molecular weight excluding hydrogens is 805 g/mol. The van der Waals surface area contributed by atoms with E-state index in [0.29, 0.717) is 19.3 Å². The molecule has 0 aromatic carbocycles.